The van der Waals surface area contributed by atoms with Crippen molar-refractivity contribution < 1.29 is 4.48 Å². The van der Waals surface area contributed by atoms with Crippen LogP contribution < -0.4 is 0 Å². The van der Waals surface area contributed by atoms with E-state index in [2.05, 4.69) is 34.7 Å². The third kappa shape index (κ3) is 4.66. The largest absolute Gasteiger partial charge is 0.324 e. The molecule has 0 aliphatic carbocycles. The summed E-state index contributed by atoms with van der Waals surface area (Å²) in [7, 11) is 2.41. The van der Waals surface area contributed by atoms with Crippen molar-refractivity contribution in [1.29, 1.82) is 0 Å². The first-order chi connectivity index (χ1) is 6.06. The quantitative estimate of drug-likeness (QED) is 0.534. The summed E-state index contributed by atoms with van der Waals surface area (Å²) >= 11 is 0. The zero-order valence-corrected chi connectivity index (χ0v) is 10.3. The van der Waals surface area contributed by atoms with E-state index >= 15 is 0 Å². The molecular formula is C12H28N+. The second kappa shape index (κ2) is 6.42. The average molecular weight is 186 g/mol. The molecule has 0 aromatic rings. The predicted molar refractivity (Wildman–Crippen MR) is 60.9 cm³/mol. The van der Waals surface area contributed by atoms with Gasteiger partial charge >= 0.3 is 0 Å². The maximum Gasteiger partial charge on any atom is 0.0831 e. The lowest BCUT2D eigenvalue weighted by Crippen LogP contribution is -2.50. The van der Waals surface area contributed by atoms with Crippen LogP contribution in [-0.4, -0.2) is 30.7 Å². The minimum absolute atomic E-state index is 0.776. The van der Waals surface area contributed by atoms with E-state index in [4.69, 9.17) is 0 Å². The van der Waals surface area contributed by atoms with Gasteiger partial charge in [-0.15, -0.1) is 0 Å². The highest BCUT2D eigenvalue weighted by Gasteiger charge is 2.23. The fraction of sp³-hybridized carbons (Fsp3) is 1.00. The van der Waals surface area contributed by atoms with Gasteiger partial charge in [0.1, 0.15) is 0 Å². The fourth-order valence-corrected chi connectivity index (χ4v) is 1.67. The predicted octanol–water partition coefficient (Wildman–Crippen LogP) is 3.44. The van der Waals surface area contributed by atoms with Crippen LogP contribution in [0.2, 0.25) is 0 Å². The van der Waals surface area contributed by atoms with Gasteiger partial charge in [-0.1, -0.05) is 26.7 Å². The van der Waals surface area contributed by atoms with Gasteiger partial charge in [0.2, 0.25) is 0 Å². The van der Waals surface area contributed by atoms with E-state index in [9.17, 15) is 0 Å². The molecule has 80 valence electrons. The van der Waals surface area contributed by atoms with Gasteiger partial charge in [0.25, 0.3) is 0 Å². The highest BCUT2D eigenvalue weighted by molar-refractivity contribution is 4.47. The molecule has 0 aromatic carbocycles. The van der Waals surface area contributed by atoms with Crippen molar-refractivity contribution in [3.05, 3.63) is 0 Å². The van der Waals surface area contributed by atoms with E-state index < -0.39 is 0 Å². The third-order valence-electron chi connectivity index (χ3n) is 3.29. The van der Waals surface area contributed by atoms with E-state index in [-0.39, 0.29) is 0 Å². The number of unbranched alkanes of at least 4 members (excludes halogenated alkanes) is 2. The van der Waals surface area contributed by atoms with Gasteiger partial charge in [0.15, 0.2) is 0 Å². The van der Waals surface area contributed by atoms with Crippen LogP contribution in [0, 0.1) is 0 Å². The van der Waals surface area contributed by atoms with Crippen LogP contribution in [0.4, 0.5) is 0 Å². The number of hydrogen-bond acceptors (Lipinski definition) is 0. The van der Waals surface area contributed by atoms with E-state index in [1.165, 1.54) is 43.3 Å². The molecule has 0 radical (unpaired) electrons. The molecule has 0 fully saturated rings. The molecule has 0 rings (SSSR count). The molecule has 0 aromatic heterocycles. The first kappa shape index (κ1) is 13.0. The number of nitrogens with zero attached hydrogens (tertiary/aromatic N) is 1. The van der Waals surface area contributed by atoms with Gasteiger partial charge in [-0.2, -0.15) is 0 Å². The molecule has 0 aliphatic heterocycles. The number of hydrogen-bond donors (Lipinski definition) is 0. The normalized spacial score (nSPS) is 12.5. The monoisotopic (exact) mass is 186 g/mol. The molecule has 0 N–H and O–H groups in total. The van der Waals surface area contributed by atoms with Crippen molar-refractivity contribution in [1.82, 2.24) is 0 Å². The highest BCUT2D eigenvalue weighted by atomic mass is 15.3. The van der Waals surface area contributed by atoms with Gasteiger partial charge in [0.05, 0.1) is 26.2 Å². The standard InChI is InChI=1S/C12H28N/c1-6-8-10-13(5,12(3)4)11-9-7-2/h12H,6-11H2,1-5H3/q+1. The Labute approximate surface area is 84.7 Å². The lowest BCUT2D eigenvalue weighted by Gasteiger charge is -2.38. The highest BCUT2D eigenvalue weighted by Crippen LogP contribution is 2.13. The maximum atomic E-state index is 2.41. The Hall–Kier alpha value is -0.0400. The number of quaternary nitrogens is 1. The fourth-order valence-electron chi connectivity index (χ4n) is 1.67. The summed E-state index contributed by atoms with van der Waals surface area (Å²) in [6.45, 7) is 12.0. The minimum atomic E-state index is 0.776. The van der Waals surface area contributed by atoms with Crippen LogP contribution >= 0.6 is 0 Å². The SMILES string of the molecule is CCCC[N+](C)(CCCC)C(C)C. The summed E-state index contributed by atoms with van der Waals surface area (Å²) in [5.41, 5.74) is 0. The van der Waals surface area contributed by atoms with Crippen molar-refractivity contribution in [2.24, 2.45) is 0 Å². The van der Waals surface area contributed by atoms with Crippen LogP contribution in [0.25, 0.3) is 0 Å². The molecule has 0 saturated heterocycles. The first-order valence-electron chi connectivity index (χ1n) is 5.91. The maximum absolute atomic E-state index is 2.41. The van der Waals surface area contributed by atoms with Crippen LogP contribution in [0.1, 0.15) is 53.4 Å². The van der Waals surface area contributed by atoms with Crippen molar-refractivity contribution in [3.63, 3.8) is 0 Å². The zero-order valence-electron chi connectivity index (χ0n) is 10.3. The van der Waals surface area contributed by atoms with Crippen molar-refractivity contribution >= 4 is 0 Å². The average Bonchev–Trinajstić information content (AvgIpc) is 2.11. The minimum Gasteiger partial charge on any atom is -0.324 e. The lowest BCUT2D eigenvalue weighted by molar-refractivity contribution is -0.930. The summed E-state index contributed by atoms with van der Waals surface area (Å²) < 4.78 is 1.27. The molecule has 0 heterocycles. The van der Waals surface area contributed by atoms with Gasteiger partial charge in [0, 0.05) is 0 Å². The molecule has 0 saturated carbocycles. The van der Waals surface area contributed by atoms with Crippen molar-refractivity contribution in [2.45, 2.75) is 59.4 Å². The van der Waals surface area contributed by atoms with Gasteiger partial charge < -0.3 is 4.48 Å². The molecule has 0 unspecified atom stereocenters. The van der Waals surface area contributed by atoms with Crippen LogP contribution in [0.15, 0.2) is 0 Å². The Morgan fingerprint density at radius 2 is 1.31 bits per heavy atom. The van der Waals surface area contributed by atoms with E-state index in [1.54, 1.807) is 0 Å². The first-order valence-corrected chi connectivity index (χ1v) is 5.91. The molecule has 13 heavy (non-hydrogen) atoms. The Kier molecular flexibility index (Phi) is 6.40. The zero-order chi connectivity index (χ0) is 10.3. The van der Waals surface area contributed by atoms with Crippen LogP contribution in [0.3, 0.4) is 0 Å². The van der Waals surface area contributed by atoms with E-state index in [0.717, 1.165) is 6.04 Å². The molecule has 0 amide bonds. The summed E-state index contributed by atoms with van der Waals surface area (Å²) in [4.78, 5) is 0. The number of rotatable bonds is 7. The van der Waals surface area contributed by atoms with E-state index in [1.807, 2.05) is 0 Å². The van der Waals surface area contributed by atoms with Crippen molar-refractivity contribution in [2.75, 3.05) is 20.1 Å². The lowest BCUT2D eigenvalue weighted by atomic mass is 10.1. The van der Waals surface area contributed by atoms with Gasteiger partial charge in [-0.3, -0.25) is 0 Å². The molecule has 1 heteroatoms. The van der Waals surface area contributed by atoms with Crippen molar-refractivity contribution in [3.8, 4) is 0 Å². The Morgan fingerprint density at radius 3 is 1.54 bits per heavy atom. The van der Waals surface area contributed by atoms with E-state index in [0.29, 0.717) is 0 Å². The third-order valence-corrected chi connectivity index (χ3v) is 3.29. The smallest absolute Gasteiger partial charge is 0.0831 e. The van der Waals surface area contributed by atoms with Gasteiger partial charge in [-0.05, 0) is 26.7 Å². The summed E-state index contributed by atoms with van der Waals surface area (Å²) in [6.07, 6.45) is 5.40. The molecule has 0 aliphatic rings. The second-order valence-electron chi connectivity index (χ2n) is 4.73. The summed E-state index contributed by atoms with van der Waals surface area (Å²) in [6, 6.07) is 0.776. The Bertz CT molecular complexity index is 110. The molecule has 1 nitrogen and oxygen atoms in total. The second-order valence-corrected chi connectivity index (χ2v) is 4.73. The molecule has 0 spiro atoms. The molecule has 0 bridgehead atoms. The van der Waals surface area contributed by atoms with Gasteiger partial charge in [-0.25, -0.2) is 0 Å². The molecular weight excluding hydrogens is 158 g/mol. The Balaban J connectivity index is 4.00. The topological polar surface area (TPSA) is 0 Å². The van der Waals surface area contributed by atoms with Crippen LogP contribution in [0.5, 0.6) is 0 Å². The summed E-state index contributed by atoms with van der Waals surface area (Å²) in [5, 5.41) is 0. The Morgan fingerprint density at radius 1 is 0.923 bits per heavy atom. The van der Waals surface area contributed by atoms with Crippen LogP contribution in [-0.2, 0) is 0 Å². The molecule has 0 atom stereocenters. The summed E-state index contributed by atoms with van der Waals surface area (Å²) in [5.74, 6) is 0.